The lowest BCUT2D eigenvalue weighted by atomic mass is 10.0. The monoisotopic (exact) mass is 1240 g/mol. The molecule has 0 aliphatic carbocycles. The SMILES string of the molecule is CCCCCC/C=C\C/C=C\CCCCCCCCCC(=O)OCCCCCCCCCCCCCC/C=C\CCCCCCCCCCCCCCC(=O)NC(CO)C(O)CCCCCCCCCCCCCCCCCCCCCCCCCCC. The van der Waals surface area contributed by atoms with Gasteiger partial charge in [-0.1, -0.05) is 391 Å². The molecule has 0 saturated heterocycles. The lowest BCUT2D eigenvalue weighted by molar-refractivity contribution is -0.143. The number of nitrogens with one attached hydrogen (secondary N) is 1. The first-order valence-corrected chi connectivity index (χ1v) is 40.2. The zero-order valence-electron chi connectivity index (χ0n) is 59.7. The highest BCUT2D eigenvalue weighted by atomic mass is 16.5. The lowest BCUT2D eigenvalue weighted by Crippen LogP contribution is -2.45. The highest BCUT2D eigenvalue weighted by Crippen LogP contribution is 2.20. The summed E-state index contributed by atoms with van der Waals surface area (Å²) in [6.07, 6.45) is 101. The van der Waals surface area contributed by atoms with E-state index in [-0.39, 0.29) is 18.5 Å². The molecule has 0 spiro atoms. The van der Waals surface area contributed by atoms with Crippen molar-refractivity contribution in [2.45, 2.75) is 463 Å². The average Bonchev–Trinajstić information content (AvgIpc) is 3.58. The van der Waals surface area contributed by atoms with E-state index in [1.807, 2.05) is 0 Å². The Morgan fingerprint density at radius 1 is 0.318 bits per heavy atom. The number of esters is 1. The molecule has 0 aromatic carbocycles. The van der Waals surface area contributed by atoms with E-state index in [9.17, 15) is 19.8 Å². The van der Waals surface area contributed by atoms with E-state index in [2.05, 4.69) is 55.6 Å². The Labute approximate surface area is 551 Å². The van der Waals surface area contributed by atoms with Crippen molar-refractivity contribution >= 4 is 11.9 Å². The molecule has 0 aromatic rings. The zero-order chi connectivity index (χ0) is 63.5. The molecule has 6 heteroatoms. The first-order valence-electron chi connectivity index (χ1n) is 40.2. The van der Waals surface area contributed by atoms with Crippen LogP contribution in [0, 0.1) is 0 Å². The van der Waals surface area contributed by atoms with Crippen LogP contribution in [0.5, 0.6) is 0 Å². The molecule has 1 amide bonds. The van der Waals surface area contributed by atoms with Crippen molar-refractivity contribution in [1.29, 1.82) is 0 Å². The number of aliphatic hydroxyl groups excluding tert-OH is 2. The second kappa shape index (κ2) is 77.5. The largest absolute Gasteiger partial charge is 0.466 e. The van der Waals surface area contributed by atoms with Crippen LogP contribution < -0.4 is 5.32 Å². The Balaban J connectivity index is 3.38. The summed E-state index contributed by atoms with van der Waals surface area (Å²) < 4.78 is 5.51. The number of aliphatic hydroxyl groups is 2. The van der Waals surface area contributed by atoms with E-state index in [4.69, 9.17) is 4.74 Å². The van der Waals surface area contributed by atoms with Crippen molar-refractivity contribution < 1.29 is 24.5 Å². The van der Waals surface area contributed by atoms with Crippen LogP contribution >= 0.6 is 0 Å². The van der Waals surface area contributed by atoms with Crippen molar-refractivity contribution in [3.63, 3.8) is 0 Å². The molecule has 3 N–H and O–H groups in total. The minimum Gasteiger partial charge on any atom is -0.466 e. The van der Waals surface area contributed by atoms with Crippen molar-refractivity contribution in [3.8, 4) is 0 Å². The second-order valence-electron chi connectivity index (χ2n) is 27.7. The van der Waals surface area contributed by atoms with Gasteiger partial charge in [0.1, 0.15) is 0 Å². The van der Waals surface area contributed by atoms with Crippen molar-refractivity contribution in [1.82, 2.24) is 5.32 Å². The van der Waals surface area contributed by atoms with Crippen molar-refractivity contribution in [2.75, 3.05) is 13.2 Å². The fourth-order valence-electron chi connectivity index (χ4n) is 12.8. The zero-order valence-corrected chi connectivity index (χ0v) is 59.7. The van der Waals surface area contributed by atoms with Gasteiger partial charge < -0.3 is 20.3 Å². The molecule has 88 heavy (non-hydrogen) atoms. The van der Waals surface area contributed by atoms with Gasteiger partial charge >= 0.3 is 5.97 Å². The molecule has 6 nitrogen and oxygen atoms in total. The number of ether oxygens (including phenoxy) is 1. The maximum Gasteiger partial charge on any atom is 0.305 e. The van der Waals surface area contributed by atoms with Gasteiger partial charge in [0.2, 0.25) is 5.91 Å². The van der Waals surface area contributed by atoms with Gasteiger partial charge in [-0.05, 0) is 83.5 Å². The fraction of sp³-hybridized carbons (Fsp3) is 0.902. The number of carbonyl (C=O) groups is 2. The Morgan fingerprint density at radius 2 is 0.568 bits per heavy atom. The van der Waals surface area contributed by atoms with Gasteiger partial charge in [0, 0.05) is 12.8 Å². The van der Waals surface area contributed by atoms with Gasteiger partial charge in [-0.2, -0.15) is 0 Å². The number of amides is 1. The van der Waals surface area contributed by atoms with Gasteiger partial charge in [0.05, 0.1) is 25.4 Å². The smallest absolute Gasteiger partial charge is 0.305 e. The summed E-state index contributed by atoms with van der Waals surface area (Å²) in [4.78, 5) is 24.7. The first kappa shape index (κ1) is 86.1. The van der Waals surface area contributed by atoms with E-state index in [1.165, 1.54) is 366 Å². The average molecular weight is 1240 g/mol. The van der Waals surface area contributed by atoms with Crippen LogP contribution in [-0.2, 0) is 14.3 Å². The van der Waals surface area contributed by atoms with E-state index >= 15 is 0 Å². The summed E-state index contributed by atoms with van der Waals surface area (Å²) in [5.74, 6) is -0.0200. The molecule has 2 unspecified atom stereocenters. The maximum absolute atomic E-state index is 12.6. The van der Waals surface area contributed by atoms with Gasteiger partial charge in [-0.25, -0.2) is 0 Å². The molecule has 0 aromatic heterocycles. The number of hydrogen-bond acceptors (Lipinski definition) is 5. The number of unbranched alkanes of at least 4 members (excludes halogenated alkanes) is 59. The molecule has 0 radical (unpaired) electrons. The molecule has 520 valence electrons. The van der Waals surface area contributed by atoms with Crippen LogP contribution in [0.15, 0.2) is 36.5 Å². The van der Waals surface area contributed by atoms with Gasteiger partial charge in [0.25, 0.3) is 0 Å². The van der Waals surface area contributed by atoms with E-state index in [1.54, 1.807) is 0 Å². The summed E-state index contributed by atoms with van der Waals surface area (Å²) >= 11 is 0. The number of allylic oxidation sites excluding steroid dienone is 6. The quantitative estimate of drug-likeness (QED) is 0.0320. The predicted molar refractivity (Wildman–Crippen MR) is 389 cm³/mol. The minimum atomic E-state index is -0.666. The Hall–Kier alpha value is -1.92. The van der Waals surface area contributed by atoms with Crippen LogP contribution in [0.3, 0.4) is 0 Å². The Kier molecular flexibility index (Phi) is 75.8. The number of hydrogen-bond donors (Lipinski definition) is 3. The summed E-state index contributed by atoms with van der Waals surface area (Å²) in [7, 11) is 0. The number of carbonyl (C=O) groups excluding carboxylic acids is 2. The summed E-state index contributed by atoms with van der Waals surface area (Å²) in [6.45, 7) is 4.98. The van der Waals surface area contributed by atoms with Gasteiger partial charge in [0.15, 0.2) is 0 Å². The molecule has 0 aliphatic heterocycles. The summed E-state index contributed by atoms with van der Waals surface area (Å²) in [6, 6.07) is -0.544. The summed E-state index contributed by atoms with van der Waals surface area (Å²) in [5, 5.41) is 23.5. The van der Waals surface area contributed by atoms with Crippen LogP contribution in [-0.4, -0.2) is 47.4 Å². The van der Waals surface area contributed by atoms with Crippen LogP contribution in [0.25, 0.3) is 0 Å². The van der Waals surface area contributed by atoms with Crippen LogP contribution in [0.1, 0.15) is 450 Å². The second-order valence-corrected chi connectivity index (χ2v) is 27.7. The molecular formula is C82H157NO5. The molecular weight excluding hydrogens is 1080 g/mol. The van der Waals surface area contributed by atoms with Gasteiger partial charge in [-0.3, -0.25) is 9.59 Å². The third kappa shape index (κ3) is 73.1. The third-order valence-corrected chi connectivity index (χ3v) is 18.9. The normalized spacial score (nSPS) is 12.6. The van der Waals surface area contributed by atoms with Crippen molar-refractivity contribution in [3.05, 3.63) is 36.5 Å². The van der Waals surface area contributed by atoms with Crippen LogP contribution in [0.4, 0.5) is 0 Å². The van der Waals surface area contributed by atoms with Crippen LogP contribution in [0.2, 0.25) is 0 Å². The predicted octanol–water partition coefficient (Wildman–Crippen LogP) is 26.6. The summed E-state index contributed by atoms with van der Waals surface area (Å²) in [5.41, 5.74) is 0. The van der Waals surface area contributed by atoms with Gasteiger partial charge in [-0.15, -0.1) is 0 Å². The van der Waals surface area contributed by atoms with E-state index < -0.39 is 12.1 Å². The van der Waals surface area contributed by atoms with E-state index in [0.29, 0.717) is 25.9 Å². The fourth-order valence-corrected chi connectivity index (χ4v) is 12.8. The molecule has 2 atom stereocenters. The Bertz CT molecular complexity index is 1430. The highest BCUT2D eigenvalue weighted by Gasteiger charge is 2.20. The molecule has 0 rings (SSSR count). The maximum atomic E-state index is 12.6. The Morgan fingerprint density at radius 3 is 0.886 bits per heavy atom. The molecule has 0 bridgehead atoms. The highest BCUT2D eigenvalue weighted by molar-refractivity contribution is 5.76. The minimum absolute atomic E-state index is 0.00946. The standard InChI is InChI=1S/C82H157NO5/c1-3-5-7-9-11-13-15-17-19-21-23-24-25-30-33-36-39-42-46-50-54-58-62-66-70-74-80(85)79(78-84)83-81(86)75-71-67-63-59-55-51-47-43-40-37-34-31-28-26-27-29-32-35-38-41-45-49-53-57-61-65-69-73-77-88-82(87)76-72-68-64-60-56-52-48-44-22-20-18-16-14-12-10-8-6-4-2/h14,16,20,22,26-27,79-80,84-85H,3-13,15,17-19,21,23-25,28-78H2,1-2H3,(H,83,86)/b16-14-,22-20-,27-26-. The first-order chi connectivity index (χ1) is 43.5. The third-order valence-electron chi connectivity index (χ3n) is 18.9. The number of rotatable bonds is 76. The lowest BCUT2D eigenvalue weighted by Gasteiger charge is -2.22. The topological polar surface area (TPSA) is 95.9 Å². The molecule has 0 heterocycles. The molecule has 0 saturated carbocycles. The van der Waals surface area contributed by atoms with Crippen molar-refractivity contribution in [2.24, 2.45) is 0 Å². The molecule has 0 aliphatic rings. The van der Waals surface area contributed by atoms with E-state index in [0.717, 1.165) is 51.4 Å². The molecule has 0 fully saturated rings.